The molecule has 0 saturated carbocycles. The maximum absolute atomic E-state index is 12.1. The van der Waals surface area contributed by atoms with E-state index in [2.05, 4.69) is 4.72 Å². The first kappa shape index (κ1) is 16.7. The largest absolute Gasteiger partial charge is 0.393 e. The lowest BCUT2D eigenvalue weighted by Gasteiger charge is -2.13. The van der Waals surface area contributed by atoms with Gasteiger partial charge in [0, 0.05) is 17.9 Å². The van der Waals surface area contributed by atoms with Crippen LogP contribution < -0.4 is 10.5 Å². The van der Waals surface area contributed by atoms with Gasteiger partial charge in [-0.15, -0.1) is 0 Å². The first-order valence-corrected chi connectivity index (χ1v) is 8.55. The van der Waals surface area contributed by atoms with Crippen LogP contribution in [-0.2, 0) is 10.0 Å². The Morgan fingerprint density at radius 1 is 1.50 bits per heavy atom. The molecule has 7 nitrogen and oxygen atoms in total. The molecule has 0 heterocycles. The van der Waals surface area contributed by atoms with E-state index in [4.69, 9.17) is 5.73 Å². The Balaban J connectivity index is 2.93. The molecule has 20 heavy (non-hydrogen) atoms. The molecule has 0 aliphatic rings. The minimum absolute atomic E-state index is 0.0750. The minimum Gasteiger partial charge on any atom is -0.393 e. The van der Waals surface area contributed by atoms with Gasteiger partial charge in [-0.2, -0.15) is 11.8 Å². The number of benzene rings is 1. The highest BCUT2D eigenvalue weighted by molar-refractivity contribution is 7.99. The smallest absolute Gasteiger partial charge is 0.292 e. The standard InChI is InChI=1S/C11H17N3O4S2/c1-3-19-7-8(2)13-20(17,18)9-4-5-11(14(15)16)10(12)6-9/h4-6,8,13H,3,7,12H2,1-2H3. The Labute approximate surface area is 122 Å². The molecule has 112 valence electrons. The summed E-state index contributed by atoms with van der Waals surface area (Å²) >= 11 is 1.62. The van der Waals surface area contributed by atoms with Crippen molar-refractivity contribution in [1.82, 2.24) is 4.72 Å². The molecule has 0 saturated heterocycles. The molecule has 1 aromatic carbocycles. The SMILES string of the molecule is CCSCC(C)NS(=O)(=O)c1ccc([N+](=O)[O-])c(N)c1. The number of nitrogen functional groups attached to an aromatic ring is 1. The van der Waals surface area contributed by atoms with Crippen molar-refractivity contribution in [3.63, 3.8) is 0 Å². The van der Waals surface area contributed by atoms with Crippen molar-refractivity contribution in [1.29, 1.82) is 0 Å². The van der Waals surface area contributed by atoms with E-state index >= 15 is 0 Å². The normalized spacial score (nSPS) is 13.1. The number of nitro groups is 1. The highest BCUT2D eigenvalue weighted by atomic mass is 32.2. The lowest BCUT2D eigenvalue weighted by molar-refractivity contribution is -0.383. The number of rotatable bonds is 7. The number of anilines is 1. The first-order chi connectivity index (χ1) is 9.27. The van der Waals surface area contributed by atoms with Gasteiger partial charge < -0.3 is 5.73 Å². The van der Waals surface area contributed by atoms with Gasteiger partial charge >= 0.3 is 0 Å². The first-order valence-electron chi connectivity index (χ1n) is 5.92. The van der Waals surface area contributed by atoms with Gasteiger partial charge in [0.05, 0.1) is 9.82 Å². The van der Waals surface area contributed by atoms with Crippen molar-refractivity contribution < 1.29 is 13.3 Å². The van der Waals surface area contributed by atoms with Crippen LogP contribution in [0.5, 0.6) is 0 Å². The van der Waals surface area contributed by atoms with Gasteiger partial charge in [-0.25, -0.2) is 13.1 Å². The van der Waals surface area contributed by atoms with Crippen molar-refractivity contribution in [2.75, 3.05) is 17.2 Å². The molecule has 0 fully saturated rings. The third kappa shape index (κ3) is 4.36. The van der Waals surface area contributed by atoms with E-state index in [9.17, 15) is 18.5 Å². The molecular formula is C11H17N3O4S2. The Morgan fingerprint density at radius 3 is 2.65 bits per heavy atom. The zero-order valence-corrected chi connectivity index (χ0v) is 12.8. The number of nitrogens with zero attached hydrogens (tertiary/aromatic N) is 1. The van der Waals surface area contributed by atoms with Crippen LogP contribution in [0.25, 0.3) is 0 Å². The predicted octanol–water partition coefficient (Wildman–Crippen LogP) is 1.60. The van der Waals surface area contributed by atoms with Gasteiger partial charge in [0.2, 0.25) is 10.0 Å². The monoisotopic (exact) mass is 319 g/mol. The summed E-state index contributed by atoms with van der Waals surface area (Å²) < 4.78 is 26.7. The number of nitro benzene ring substituents is 1. The van der Waals surface area contributed by atoms with Gasteiger partial charge in [0.1, 0.15) is 5.69 Å². The average molecular weight is 319 g/mol. The molecule has 0 radical (unpaired) electrons. The van der Waals surface area contributed by atoms with Crippen molar-refractivity contribution in [3.05, 3.63) is 28.3 Å². The summed E-state index contributed by atoms with van der Waals surface area (Å²) in [6, 6.07) is 3.13. The van der Waals surface area contributed by atoms with E-state index in [0.29, 0.717) is 5.75 Å². The predicted molar refractivity (Wildman–Crippen MR) is 80.3 cm³/mol. The number of thioether (sulfide) groups is 1. The fourth-order valence-corrected chi connectivity index (χ4v) is 3.58. The number of nitrogens with one attached hydrogen (secondary N) is 1. The van der Waals surface area contributed by atoms with Crippen molar-refractivity contribution in [2.24, 2.45) is 0 Å². The Morgan fingerprint density at radius 2 is 2.15 bits per heavy atom. The van der Waals surface area contributed by atoms with E-state index in [1.165, 1.54) is 6.07 Å². The topological polar surface area (TPSA) is 115 Å². The lowest BCUT2D eigenvalue weighted by Crippen LogP contribution is -2.34. The van der Waals surface area contributed by atoms with Crippen molar-refractivity contribution >= 4 is 33.2 Å². The molecule has 0 aliphatic heterocycles. The van der Waals surface area contributed by atoms with Crippen LogP contribution >= 0.6 is 11.8 Å². The molecule has 0 spiro atoms. The van der Waals surface area contributed by atoms with Gasteiger partial charge in [-0.1, -0.05) is 6.92 Å². The van der Waals surface area contributed by atoms with Crippen LogP contribution in [0.3, 0.4) is 0 Å². The molecule has 3 N–H and O–H groups in total. The van der Waals surface area contributed by atoms with Gasteiger partial charge in [-0.3, -0.25) is 10.1 Å². The fourth-order valence-electron chi connectivity index (χ4n) is 1.53. The van der Waals surface area contributed by atoms with E-state index < -0.39 is 14.9 Å². The third-order valence-electron chi connectivity index (χ3n) is 2.43. The third-order valence-corrected chi connectivity index (χ3v) is 5.17. The van der Waals surface area contributed by atoms with Crippen molar-refractivity contribution in [2.45, 2.75) is 24.8 Å². The Hall–Kier alpha value is -1.32. The van der Waals surface area contributed by atoms with E-state index in [-0.39, 0.29) is 22.3 Å². The highest BCUT2D eigenvalue weighted by Crippen LogP contribution is 2.24. The summed E-state index contributed by atoms with van der Waals surface area (Å²) in [5.74, 6) is 1.55. The van der Waals surface area contributed by atoms with Crippen LogP contribution in [0.4, 0.5) is 11.4 Å². The quantitative estimate of drug-likeness (QED) is 0.448. The maximum Gasteiger partial charge on any atom is 0.292 e. The molecule has 1 atom stereocenters. The molecule has 1 aromatic rings. The molecule has 0 bridgehead atoms. The second kappa shape index (κ2) is 6.91. The van der Waals surface area contributed by atoms with Gasteiger partial charge in [0.15, 0.2) is 0 Å². The van der Waals surface area contributed by atoms with Crippen LogP contribution in [0, 0.1) is 10.1 Å². The molecule has 9 heteroatoms. The molecule has 0 amide bonds. The van der Waals surface area contributed by atoms with E-state index in [1.807, 2.05) is 6.92 Å². The van der Waals surface area contributed by atoms with Crippen LogP contribution in [0.1, 0.15) is 13.8 Å². The second-order valence-electron chi connectivity index (χ2n) is 4.16. The summed E-state index contributed by atoms with van der Waals surface area (Å²) in [6.45, 7) is 3.75. The van der Waals surface area contributed by atoms with E-state index in [0.717, 1.165) is 17.9 Å². The fraction of sp³-hybridized carbons (Fsp3) is 0.455. The average Bonchev–Trinajstić information content (AvgIpc) is 2.35. The highest BCUT2D eigenvalue weighted by Gasteiger charge is 2.20. The molecule has 1 rings (SSSR count). The molecule has 0 aliphatic carbocycles. The van der Waals surface area contributed by atoms with Crippen LogP contribution in [0.15, 0.2) is 23.1 Å². The van der Waals surface area contributed by atoms with Crippen LogP contribution in [0.2, 0.25) is 0 Å². The maximum atomic E-state index is 12.1. The number of sulfonamides is 1. The molecular weight excluding hydrogens is 302 g/mol. The second-order valence-corrected chi connectivity index (χ2v) is 7.19. The summed E-state index contributed by atoms with van der Waals surface area (Å²) in [5.41, 5.74) is 5.01. The van der Waals surface area contributed by atoms with Crippen molar-refractivity contribution in [3.8, 4) is 0 Å². The molecule has 1 unspecified atom stereocenters. The Bertz CT molecular complexity index is 589. The van der Waals surface area contributed by atoms with Gasteiger partial charge in [0.25, 0.3) is 5.69 Å². The van der Waals surface area contributed by atoms with Crippen LogP contribution in [-0.4, -0.2) is 30.9 Å². The summed E-state index contributed by atoms with van der Waals surface area (Å²) in [7, 11) is -3.72. The number of hydrogen-bond acceptors (Lipinski definition) is 6. The Kier molecular flexibility index (Phi) is 5.78. The number of nitrogens with two attached hydrogens (primary N) is 1. The number of hydrogen-bond donors (Lipinski definition) is 2. The lowest BCUT2D eigenvalue weighted by atomic mass is 10.3. The summed E-state index contributed by atoms with van der Waals surface area (Å²) in [4.78, 5) is 9.91. The minimum atomic E-state index is -3.72. The van der Waals surface area contributed by atoms with Gasteiger partial charge in [-0.05, 0) is 24.8 Å². The zero-order valence-electron chi connectivity index (χ0n) is 11.2. The summed E-state index contributed by atoms with van der Waals surface area (Å²) in [5, 5.41) is 10.6. The molecule has 0 aromatic heterocycles. The zero-order chi connectivity index (χ0) is 15.3. The summed E-state index contributed by atoms with van der Waals surface area (Å²) in [6.07, 6.45) is 0. The van der Waals surface area contributed by atoms with E-state index in [1.54, 1.807) is 18.7 Å².